The van der Waals surface area contributed by atoms with Gasteiger partial charge in [0.25, 0.3) is 15.9 Å². The van der Waals surface area contributed by atoms with Crippen LogP contribution in [0.15, 0.2) is 47.4 Å². The maximum atomic E-state index is 13.0. The van der Waals surface area contributed by atoms with E-state index in [-0.39, 0.29) is 22.4 Å². The largest absolute Gasteiger partial charge is 0.339 e. The lowest BCUT2D eigenvalue weighted by atomic mass is 10.1. The highest BCUT2D eigenvalue weighted by atomic mass is 32.2. The van der Waals surface area contributed by atoms with E-state index in [1.807, 2.05) is 0 Å². The number of piperazine rings is 1. The summed E-state index contributed by atoms with van der Waals surface area (Å²) >= 11 is 0. The van der Waals surface area contributed by atoms with Gasteiger partial charge < -0.3 is 9.80 Å². The summed E-state index contributed by atoms with van der Waals surface area (Å²) in [5.41, 5.74) is 1.17. The lowest BCUT2D eigenvalue weighted by molar-refractivity contribution is -0.130. The monoisotopic (exact) mass is 419 g/mol. The third-order valence-electron chi connectivity index (χ3n) is 4.86. The van der Waals surface area contributed by atoms with Crippen molar-refractivity contribution in [3.05, 3.63) is 59.4 Å². The number of sulfonamides is 1. The van der Waals surface area contributed by atoms with Gasteiger partial charge in [-0.15, -0.1) is 0 Å². The molecule has 2 amide bonds. The van der Waals surface area contributed by atoms with E-state index in [9.17, 15) is 22.4 Å². The molecule has 1 N–H and O–H groups in total. The highest BCUT2D eigenvalue weighted by Gasteiger charge is 2.25. The molecule has 0 saturated carbocycles. The molecule has 0 aromatic heterocycles. The van der Waals surface area contributed by atoms with E-state index in [0.717, 1.165) is 12.1 Å². The van der Waals surface area contributed by atoms with Crippen LogP contribution in [-0.4, -0.2) is 56.2 Å². The number of amides is 2. The number of hydrogen-bond acceptors (Lipinski definition) is 4. The summed E-state index contributed by atoms with van der Waals surface area (Å²) in [4.78, 5) is 27.6. The molecule has 0 bridgehead atoms. The van der Waals surface area contributed by atoms with Crippen molar-refractivity contribution in [1.29, 1.82) is 0 Å². The Morgan fingerprint density at radius 2 is 1.55 bits per heavy atom. The molecule has 3 rings (SSSR count). The first-order valence-electron chi connectivity index (χ1n) is 9.11. The number of nitrogens with one attached hydrogen (secondary N) is 1. The van der Waals surface area contributed by atoms with Crippen LogP contribution in [0, 0.1) is 12.7 Å². The second-order valence-electron chi connectivity index (χ2n) is 6.89. The highest BCUT2D eigenvalue weighted by molar-refractivity contribution is 7.92. The molecule has 29 heavy (non-hydrogen) atoms. The Balaban J connectivity index is 1.81. The molecule has 1 heterocycles. The van der Waals surface area contributed by atoms with E-state index >= 15 is 0 Å². The number of anilines is 1. The predicted octanol–water partition coefficient (Wildman–Crippen LogP) is 2.24. The van der Waals surface area contributed by atoms with Gasteiger partial charge in [-0.25, -0.2) is 12.8 Å². The van der Waals surface area contributed by atoms with E-state index in [4.69, 9.17) is 0 Å². The number of hydrogen-bond donors (Lipinski definition) is 1. The molecule has 1 fully saturated rings. The Labute approximate surface area is 169 Å². The number of halogens is 1. The van der Waals surface area contributed by atoms with Crippen LogP contribution >= 0.6 is 0 Å². The number of carbonyl (C=O) groups is 2. The lowest BCUT2D eigenvalue weighted by Crippen LogP contribution is -2.50. The Morgan fingerprint density at radius 3 is 2.14 bits per heavy atom. The standard InChI is InChI=1S/C20H22FN3O4S/c1-14-3-8-18(29(27,28)22-17-6-4-16(21)5-7-17)13-19(14)20(26)24-11-9-23(10-12-24)15(2)25/h3-8,13,22H,9-12H2,1-2H3. The van der Waals surface area contributed by atoms with Crippen molar-refractivity contribution in [2.24, 2.45) is 0 Å². The van der Waals surface area contributed by atoms with Crippen LogP contribution in [0.5, 0.6) is 0 Å². The molecule has 7 nitrogen and oxygen atoms in total. The van der Waals surface area contributed by atoms with Gasteiger partial charge in [-0.05, 0) is 48.9 Å². The Kier molecular flexibility index (Phi) is 5.88. The molecule has 0 unspecified atom stereocenters. The second kappa shape index (κ2) is 8.20. The number of carbonyl (C=O) groups excluding carboxylic acids is 2. The number of nitrogens with zero attached hydrogens (tertiary/aromatic N) is 2. The summed E-state index contributed by atoms with van der Waals surface area (Å²) in [5, 5.41) is 0. The van der Waals surface area contributed by atoms with E-state index in [2.05, 4.69) is 4.72 Å². The van der Waals surface area contributed by atoms with Crippen LogP contribution < -0.4 is 4.72 Å². The van der Waals surface area contributed by atoms with Crippen molar-refractivity contribution < 1.29 is 22.4 Å². The van der Waals surface area contributed by atoms with Crippen molar-refractivity contribution in [2.75, 3.05) is 30.9 Å². The van der Waals surface area contributed by atoms with Gasteiger partial charge in [-0.1, -0.05) is 6.07 Å². The van der Waals surface area contributed by atoms with Gasteiger partial charge in [0.1, 0.15) is 5.82 Å². The maximum Gasteiger partial charge on any atom is 0.261 e. The van der Waals surface area contributed by atoms with E-state index in [1.54, 1.807) is 22.8 Å². The fraction of sp³-hybridized carbons (Fsp3) is 0.300. The van der Waals surface area contributed by atoms with E-state index in [1.165, 1.54) is 31.2 Å². The van der Waals surface area contributed by atoms with Gasteiger partial charge in [0.15, 0.2) is 0 Å². The van der Waals surface area contributed by atoms with Gasteiger partial charge in [-0.3, -0.25) is 14.3 Å². The molecule has 1 aliphatic heterocycles. The van der Waals surface area contributed by atoms with E-state index in [0.29, 0.717) is 37.3 Å². The minimum Gasteiger partial charge on any atom is -0.339 e. The van der Waals surface area contributed by atoms with Crippen LogP contribution in [0.1, 0.15) is 22.8 Å². The van der Waals surface area contributed by atoms with Crippen LogP contribution in [0.25, 0.3) is 0 Å². The van der Waals surface area contributed by atoms with Crippen LogP contribution in [-0.2, 0) is 14.8 Å². The zero-order valence-corrected chi connectivity index (χ0v) is 17.0. The zero-order chi connectivity index (χ0) is 21.2. The fourth-order valence-corrected chi connectivity index (χ4v) is 4.21. The van der Waals surface area contributed by atoms with Crippen LogP contribution in [0.3, 0.4) is 0 Å². The van der Waals surface area contributed by atoms with Gasteiger partial charge in [-0.2, -0.15) is 0 Å². The molecule has 0 atom stereocenters. The maximum absolute atomic E-state index is 13.0. The number of benzene rings is 2. The first-order chi connectivity index (χ1) is 13.7. The average Bonchev–Trinajstić information content (AvgIpc) is 2.69. The summed E-state index contributed by atoms with van der Waals surface area (Å²) in [6, 6.07) is 9.30. The molecule has 9 heteroatoms. The number of rotatable bonds is 4. The Hall–Kier alpha value is -2.94. The summed E-state index contributed by atoms with van der Waals surface area (Å²) in [7, 11) is -3.95. The fourth-order valence-electron chi connectivity index (χ4n) is 3.13. The molecule has 1 aliphatic rings. The van der Waals surface area contributed by atoms with Crippen molar-refractivity contribution in [1.82, 2.24) is 9.80 Å². The molecule has 2 aromatic carbocycles. The summed E-state index contributed by atoms with van der Waals surface area (Å²) in [6.45, 7) is 4.91. The normalized spacial score (nSPS) is 14.6. The zero-order valence-electron chi connectivity index (χ0n) is 16.2. The smallest absolute Gasteiger partial charge is 0.261 e. The van der Waals surface area contributed by atoms with Crippen LogP contribution in [0.4, 0.5) is 10.1 Å². The first-order valence-corrected chi connectivity index (χ1v) is 10.6. The van der Waals surface area contributed by atoms with Crippen molar-refractivity contribution in [3.8, 4) is 0 Å². The third-order valence-corrected chi connectivity index (χ3v) is 6.24. The summed E-state index contributed by atoms with van der Waals surface area (Å²) in [5.74, 6) is -0.779. The SMILES string of the molecule is CC(=O)N1CCN(C(=O)c2cc(S(=O)(=O)Nc3ccc(F)cc3)ccc2C)CC1. The van der Waals surface area contributed by atoms with Crippen LogP contribution in [0.2, 0.25) is 0 Å². The predicted molar refractivity (Wildman–Crippen MR) is 107 cm³/mol. The molecule has 2 aromatic rings. The minimum absolute atomic E-state index is 0.0340. The summed E-state index contributed by atoms with van der Waals surface area (Å²) in [6.07, 6.45) is 0. The third kappa shape index (κ3) is 4.73. The lowest BCUT2D eigenvalue weighted by Gasteiger charge is -2.34. The van der Waals surface area contributed by atoms with E-state index < -0.39 is 15.8 Å². The average molecular weight is 419 g/mol. The summed E-state index contributed by atoms with van der Waals surface area (Å²) < 4.78 is 40.8. The molecular weight excluding hydrogens is 397 g/mol. The Bertz CT molecular complexity index is 1030. The quantitative estimate of drug-likeness (QED) is 0.824. The molecule has 1 saturated heterocycles. The van der Waals surface area contributed by atoms with Gasteiger partial charge in [0.05, 0.1) is 4.90 Å². The minimum atomic E-state index is -3.95. The Morgan fingerprint density at radius 1 is 0.966 bits per heavy atom. The second-order valence-corrected chi connectivity index (χ2v) is 8.57. The molecule has 154 valence electrons. The van der Waals surface area contributed by atoms with Crippen molar-refractivity contribution in [3.63, 3.8) is 0 Å². The van der Waals surface area contributed by atoms with Crippen molar-refractivity contribution >= 4 is 27.5 Å². The molecule has 0 aliphatic carbocycles. The molecular formula is C20H22FN3O4S. The van der Waals surface area contributed by atoms with Gasteiger partial charge in [0.2, 0.25) is 5.91 Å². The topological polar surface area (TPSA) is 86.8 Å². The molecule has 0 spiro atoms. The van der Waals surface area contributed by atoms with Gasteiger partial charge in [0, 0.05) is 44.4 Å². The van der Waals surface area contributed by atoms with Crippen molar-refractivity contribution in [2.45, 2.75) is 18.7 Å². The van der Waals surface area contributed by atoms with Gasteiger partial charge >= 0.3 is 0 Å². The first kappa shape index (κ1) is 20.8. The highest BCUT2D eigenvalue weighted by Crippen LogP contribution is 2.21. The number of aryl methyl sites for hydroxylation is 1. The molecule has 0 radical (unpaired) electrons.